The van der Waals surface area contributed by atoms with Crippen LogP contribution in [0, 0.1) is 11.8 Å². The summed E-state index contributed by atoms with van der Waals surface area (Å²) in [5.74, 6) is -1.68. The largest absolute Gasteiger partial charge is 0.368 e. The summed E-state index contributed by atoms with van der Waals surface area (Å²) in [5.41, 5.74) is 2.83. The Morgan fingerprint density at radius 1 is 1.13 bits per heavy atom. The zero-order chi connectivity index (χ0) is 22.5. The first kappa shape index (κ1) is 23.0. The molecule has 0 bridgehead atoms. The molecule has 9 nitrogen and oxygen atoms in total. The number of nitrogens with zero attached hydrogens (tertiary/aromatic N) is 3. The number of benzene rings is 1. The van der Waals surface area contributed by atoms with Gasteiger partial charge in [-0.15, -0.1) is 0 Å². The monoisotopic (exact) mass is 431 g/mol. The van der Waals surface area contributed by atoms with Crippen molar-refractivity contribution in [2.45, 2.75) is 32.4 Å². The van der Waals surface area contributed by atoms with Crippen LogP contribution in [0.1, 0.15) is 20.3 Å². The molecule has 0 aromatic heterocycles. The van der Waals surface area contributed by atoms with E-state index in [0.29, 0.717) is 39.1 Å². The van der Waals surface area contributed by atoms with Crippen LogP contribution in [0.5, 0.6) is 0 Å². The second-order valence-electron chi connectivity index (χ2n) is 8.61. The van der Waals surface area contributed by atoms with Crippen molar-refractivity contribution in [1.29, 1.82) is 0 Å². The summed E-state index contributed by atoms with van der Waals surface area (Å²) in [4.78, 5) is 43.6. The van der Waals surface area contributed by atoms with Crippen molar-refractivity contribution in [2.75, 3.05) is 44.7 Å². The molecule has 0 aliphatic carbocycles. The van der Waals surface area contributed by atoms with E-state index in [-0.39, 0.29) is 23.8 Å². The van der Waals surface area contributed by atoms with E-state index in [0.717, 1.165) is 5.69 Å². The number of piperidine rings is 1. The first-order chi connectivity index (χ1) is 14.8. The number of hydrogen-bond donors (Lipinski definition) is 3. The average molecular weight is 432 g/mol. The number of anilines is 1. The zero-order valence-electron chi connectivity index (χ0n) is 18.5. The average Bonchev–Trinajstić information content (AvgIpc) is 2.82. The van der Waals surface area contributed by atoms with Gasteiger partial charge in [-0.25, -0.2) is 5.48 Å². The van der Waals surface area contributed by atoms with Crippen LogP contribution in [-0.2, 0) is 14.4 Å². The second kappa shape index (κ2) is 10.1. The number of hydrogen-bond acceptors (Lipinski definition) is 6. The zero-order valence-corrected chi connectivity index (χ0v) is 18.5. The van der Waals surface area contributed by atoms with Gasteiger partial charge in [-0.05, 0) is 18.6 Å². The van der Waals surface area contributed by atoms with Crippen molar-refractivity contribution in [3.8, 4) is 0 Å². The predicted molar refractivity (Wildman–Crippen MR) is 116 cm³/mol. The Balaban J connectivity index is 1.65. The van der Waals surface area contributed by atoms with Crippen LogP contribution >= 0.6 is 0 Å². The summed E-state index contributed by atoms with van der Waals surface area (Å²) in [6.45, 7) is 6.64. The number of para-hydroxylation sites is 1. The quantitative estimate of drug-likeness (QED) is 0.458. The first-order valence-electron chi connectivity index (χ1n) is 10.9. The number of amides is 3. The van der Waals surface area contributed by atoms with Gasteiger partial charge in [0.25, 0.3) is 0 Å². The standard InChI is InChI=1S/C22H33N5O4/c1-15(2)21(29)25(3)17-13-18(20(28)24-31)19(23-14-17)22(30)27-11-9-26(10-12-27)16-7-5-4-6-8-16/h4-8,15,17-19,23,31H,9-14H2,1-3H3,(H,24,28). The van der Waals surface area contributed by atoms with Gasteiger partial charge in [0, 0.05) is 57.4 Å². The highest BCUT2D eigenvalue weighted by Crippen LogP contribution is 2.24. The van der Waals surface area contributed by atoms with E-state index < -0.39 is 17.9 Å². The van der Waals surface area contributed by atoms with Crippen molar-refractivity contribution in [3.63, 3.8) is 0 Å². The van der Waals surface area contributed by atoms with Gasteiger partial charge in [0.2, 0.25) is 17.7 Å². The Morgan fingerprint density at radius 2 is 1.77 bits per heavy atom. The minimum Gasteiger partial charge on any atom is -0.368 e. The lowest BCUT2D eigenvalue weighted by molar-refractivity contribution is -0.146. The highest BCUT2D eigenvalue weighted by atomic mass is 16.5. The molecule has 2 aliphatic rings. The number of nitrogens with one attached hydrogen (secondary N) is 2. The molecule has 9 heteroatoms. The van der Waals surface area contributed by atoms with E-state index in [1.807, 2.05) is 32.0 Å². The van der Waals surface area contributed by atoms with Crippen molar-refractivity contribution in [3.05, 3.63) is 30.3 Å². The Kier molecular flexibility index (Phi) is 7.50. The highest BCUT2D eigenvalue weighted by molar-refractivity contribution is 5.90. The van der Waals surface area contributed by atoms with E-state index in [1.165, 1.54) is 0 Å². The van der Waals surface area contributed by atoms with Crippen LogP contribution in [-0.4, -0.2) is 84.6 Å². The molecular weight excluding hydrogens is 398 g/mol. The Bertz CT molecular complexity index is 779. The summed E-state index contributed by atoms with van der Waals surface area (Å²) >= 11 is 0. The van der Waals surface area contributed by atoms with E-state index in [1.54, 1.807) is 22.3 Å². The molecule has 3 amide bonds. The van der Waals surface area contributed by atoms with Gasteiger partial charge in [-0.2, -0.15) is 0 Å². The van der Waals surface area contributed by atoms with Crippen molar-refractivity contribution < 1.29 is 19.6 Å². The van der Waals surface area contributed by atoms with Gasteiger partial charge in [-0.1, -0.05) is 32.0 Å². The molecule has 2 heterocycles. The molecule has 3 atom stereocenters. The summed E-state index contributed by atoms with van der Waals surface area (Å²) in [6, 6.07) is 9.12. The maximum absolute atomic E-state index is 13.2. The lowest BCUT2D eigenvalue weighted by Gasteiger charge is -2.43. The maximum atomic E-state index is 13.2. The molecule has 3 N–H and O–H groups in total. The SMILES string of the molecule is CC(C)C(=O)N(C)C1CNC(C(=O)N2CCN(c3ccccc3)CC2)C(C(=O)NO)C1. The van der Waals surface area contributed by atoms with Gasteiger partial charge in [0.15, 0.2) is 0 Å². The first-order valence-corrected chi connectivity index (χ1v) is 10.9. The van der Waals surface area contributed by atoms with Gasteiger partial charge in [-0.3, -0.25) is 19.6 Å². The van der Waals surface area contributed by atoms with Gasteiger partial charge >= 0.3 is 0 Å². The van der Waals surface area contributed by atoms with Crippen molar-refractivity contribution in [1.82, 2.24) is 20.6 Å². The number of rotatable bonds is 5. The third-order valence-corrected chi connectivity index (χ3v) is 6.32. The molecule has 0 radical (unpaired) electrons. The molecule has 31 heavy (non-hydrogen) atoms. The summed E-state index contributed by atoms with van der Waals surface area (Å²) in [5, 5.41) is 12.4. The van der Waals surface area contributed by atoms with Gasteiger partial charge < -0.3 is 20.0 Å². The van der Waals surface area contributed by atoms with Crippen LogP contribution < -0.4 is 15.7 Å². The van der Waals surface area contributed by atoms with Crippen LogP contribution in [0.15, 0.2) is 30.3 Å². The predicted octanol–water partition coefficient (Wildman–Crippen LogP) is 0.302. The van der Waals surface area contributed by atoms with Crippen molar-refractivity contribution >= 4 is 23.4 Å². The van der Waals surface area contributed by atoms with Crippen molar-refractivity contribution in [2.24, 2.45) is 11.8 Å². The number of likely N-dealkylation sites (N-methyl/N-ethyl adjacent to an activating group) is 1. The third kappa shape index (κ3) is 5.16. The Morgan fingerprint density at radius 3 is 2.35 bits per heavy atom. The molecule has 3 unspecified atom stereocenters. The van der Waals surface area contributed by atoms with E-state index >= 15 is 0 Å². The fourth-order valence-electron chi connectivity index (χ4n) is 4.42. The van der Waals surface area contributed by atoms with Crippen LogP contribution in [0.2, 0.25) is 0 Å². The molecule has 0 spiro atoms. The smallest absolute Gasteiger partial charge is 0.248 e. The van der Waals surface area contributed by atoms with Crippen LogP contribution in [0.3, 0.4) is 0 Å². The normalized spacial score (nSPS) is 24.1. The molecular formula is C22H33N5O4. The Hall–Kier alpha value is -2.65. The molecule has 2 saturated heterocycles. The van der Waals surface area contributed by atoms with Crippen LogP contribution in [0.25, 0.3) is 0 Å². The Labute approximate surface area is 183 Å². The lowest BCUT2D eigenvalue weighted by Crippen LogP contribution is -2.63. The van der Waals surface area contributed by atoms with Gasteiger partial charge in [0.05, 0.1) is 12.0 Å². The maximum Gasteiger partial charge on any atom is 0.248 e. The fourth-order valence-corrected chi connectivity index (χ4v) is 4.42. The molecule has 1 aromatic carbocycles. The molecule has 170 valence electrons. The number of carbonyl (C=O) groups excluding carboxylic acids is 3. The molecule has 3 rings (SSSR count). The number of carbonyl (C=O) groups is 3. The summed E-state index contributed by atoms with van der Waals surface area (Å²) < 4.78 is 0. The van der Waals surface area contributed by atoms with Crippen LogP contribution in [0.4, 0.5) is 5.69 Å². The lowest BCUT2D eigenvalue weighted by atomic mass is 9.85. The highest BCUT2D eigenvalue weighted by Gasteiger charge is 2.43. The van der Waals surface area contributed by atoms with E-state index in [4.69, 9.17) is 0 Å². The third-order valence-electron chi connectivity index (χ3n) is 6.32. The van der Waals surface area contributed by atoms with Gasteiger partial charge in [0.1, 0.15) is 0 Å². The fraction of sp³-hybridized carbons (Fsp3) is 0.591. The minimum absolute atomic E-state index is 0.0169. The number of hydroxylamine groups is 1. The summed E-state index contributed by atoms with van der Waals surface area (Å²) in [6.07, 6.45) is 0.314. The summed E-state index contributed by atoms with van der Waals surface area (Å²) in [7, 11) is 1.72. The van der Waals surface area contributed by atoms with E-state index in [2.05, 4.69) is 22.3 Å². The molecule has 0 saturated carbocycles. The second-order valence-corrected chi connectivity index (χ2v) is 8.61. The number of piperazine rings is 1. The van der Waals surface area contributed by atoms with E-state index in [9.17, 15) is 19.6 Å². The molecule has 1 aromatic rings. The topological polar surface area (TPSA) is 105 Å². The minimum atomic E-state index is -0.759. The molecule has 2 aliphatic heterocycles. The molecule has 2 fully saturated rings.